The first-order valence-corrected chi connectivity index (χ1v) is 10.5. The van der Waals surface area contributed by atoms with Crippen molar-refractivity contribution in [3.63, 3.8) is 0 Å². The molecule has 2 heterocycles. The molecule has 0 saturated carbocycles. The molecular formula is C16H12ClF3N2O3S2. The van der Waals surface area contributed by atoms with Gasteiger partial charge in [-0.25, -0.2) is 17.8 Å². The van der Waals surface area contributed by atoms with Gasteiger partial charge in [0.25, 0.3) is 0 Å². The quantitative estimate of drug-likeness (QED) is 0.645. The summed E-state index contributed by atoms with van der Waals surface area (Å²) in [7, 11) is -3.99. The van der Waals surface area contributed by atoms with Crippen LogP contribution in [-0.4, -0.2) is 24.9 Å². The SMILES string of the molecule is O=S(=O)(CCC(F)=C(F)F)c1ncc(C2=NOC(c3ccccc3Cl)C2)s1. The molecule has 5 nitrogen and oxygen atoms in total. The molecule has 0 aliphatic carbocycles. The fraction of sp³-hybridized carbons (Fsp3) is 0.250. The number of sulfone groups is 1. The minimum Gasteiger partial charge on any atom is -0.387 e. The molecule has 1 aliphatic heterocycles. The average molecular weight is 437 g/mol. The number of oxime groups is 1. The smallest absolute Gasteiger partial charge is 0.301 e. The lowest BCUT2D eigenvalue weighted by Gasteiger charge is -2.09. The Morgan fingerprint density at radius 3 is 2.74 bits per heavy atom. The summed E-state index contributed by atoms with van der Waals surface area (Å²) in [6, 6.07) is 7.13. The highest BCUT2D eigenvalue weighted by Crippen LogP contribution is 2.35. The molecule has 11 heteroatoms. The van der Waals surface area contributed by atoms with E-state index in [0.29, 0.717) is 22.0 Å². The first kappa shape index (κ1) is 19.8. The van der Waals surface area contributed by atoms with Gasteiger partial charge in [-0.1, -0.05) is 35.0 Å². The highest BCUT2D eigenvalue weighted by atomic mass is 35.5. The van der Waals surface area contributed by atoms with Gasteiger partial charge >= 0.3 is 6.08 Å². The van der Waals surface area contributed by atoms with E-state index in [1.807, 2.05) is 6.07 Å². The van der Waals surface area contributed by atoms with Gasteiger partial charge in [-0.15, -0.1) is 11.3 Å². The van der Waals surface area contributed by atoms with Crippen LogP contribution in [0.5, 0.6) is 0 Å². The standard InChI is InChI=1S/C16H12ClF3N2O3S2/c17-10-4-2-1-3-9(10)13-7-12(22-25-13)14-8-21-16(26-14)27(23,24)6-5-11(18)15(19)20/h1-4,8,13H,5-7H2. The van der Waals surface area contributed by atoms with Gasteiger partial charge < -0.3 is 4.84 Å². The van der Waals surface area contributed by atoms with Crippen molar-refractivity contribution in [2.45, 2.75) is 23.3 Å². The summed E-state index contributed by atoms with van der Waals surface area (Å²) in [6.45, 7) is 0. The summed E-state index contributed by atoms with van der Waals surface area (Å²) < 4.78 is 61.0. The number of hydrogen-bond donors (Lipinski definition) is 0. The Labute approximate surface area is 162 Å². The van der Waals surface area contributed by atoms with Gasteiger partial charge in [-0.05, 0) is 6.07 Å². The van der Waals surface area contributed by atoms with E-state index >= 15 is 0 Å². The second-order valence-electron chi connectivity index (χ2n) is 5.58. The molecule has 0 radical (unpaired) electrons. The molecule has 1 aromatic carbocycles. The van der Waals surface area contributed by atoms with E-state index < -0.39 is 40.0 Å². The fourth-order valence-electron chi connectivity index (χ4n) is 2.37. The summed E-state index contributed by atoms with van der Waals surface area (Å²) in [5, 5.41) is 4.49. The zero-order valence-electron chi connectivity index (χ0n) is 13.5. The van der Waals surface area contributed by atoms with Crippen molar-refractivity contribution in [2.75, 3.05) is 5.75 Å². The molecule has 3 rings (SSSR count). The Kier molecular flexibility index (Phi) is 5.87. The second-order valence-corrected chi connectivity index (χ2v) is 9.30. The molecule has 0 bridgehead atoms. The van der Waals surface area contributed by atoms with Gasteiger partial charge in [0.05, 0.1) is 10.6 Å². The van der Waals surface area contributed by atoms with Crippen molar-refractivity contribution in [1.82, 2.24) is 4.98 Å². The third-order valence-corrected chi connectivity index (χ3v) is 7.33. The molecule has 0 amide bonds. The van der Waals surface area contributed by atoms with Crippen LogP contribution in [0.25, 0.3) is 0 Å². The summed E-state index contributed by atoms with van der Waals surface area (Å²) >= 11 is 6.97. The van der Waals surface area contributed by atoms with Gasteiger partial charge in [0.2, 0.25) is 14.2 Å². The predicted octanol–water partition coefficient (Wildman–Crippen LogP) is 4.90. The summed E-state index contributed by atoms with van der Waals surface area (Å²) in [6.07, 6.45) is -2.14. The van der Waals surface area contributed by atoms with Crippen LogP contribution in [0.4, 0.5) is 13.2 Å². The first-order valence-electron chi connectivity index (χ1n) is 7.63. The van der Waals surface area contributed by atoms with E-state index in [1.165, 1.54) is 6.20 Å². The van der Waals surface area contributed by atoms with Crippen LogP contribution < -0.4 is 0 Å². The topological polar surface area (TPSA) is 68.6 Å². The van der Waals surface area contributed by atoms with Crippen molar-refractivity contribution < 1.29 is 26.4 Å². The van der Waals surface area contributed by atoms with Crippen molar-refractivity contribution in [2.24, 2.45) is 5.16 Å². The molecule has 1 aliphatic rings. The van der Waals surface area contributed by atoms with Gasteiger partial charge in [-0.3, -0.25) is 0 Å². The second kappa shape index (κ2) is 7.99. The van der Waals surface area contributed by atoms with Gasteiger partial charge in [0, 0.05) is 29.6 Å². The van der Waals surface area contributed by atoms with Crippen LogP contribution in [0.3, 0.4) is 0 Å². The number of allylic oxidation sites excluding steroid dienone is 1. The maximum Gasteiger partial charge on any atom is 0.301 e. The number of benzene rings is 1. The van der Waals surface area contributed by atoms with Crippen LogP contribution in [-0.2, 0) is 14.7 Å². The summed E-state index contributed by atoms with van der Waals surface area (Å²) in [5.41, 5.74) is 1.26. The zero-order valence-corrected chi connectivity index (χ0v) is 15.9. The number of aromatic nitrogens is 1. The Morgan fingerprint density at radius 2 is 2.04 bits per heavy atom. The van der Waals surface area contributed by atoms with Crippen molar-refractivity contribution in [3.8, 4) is 0 Å². The van der Waals surface area contributed by atoms with Crippen LogP contribution in [0, 0.1) is 0 Å². The average Bonchev–Trinajstić information content (AvgIpc) is 3.29. The fourth-order valence-corrected chi connectivity index (χ4v) is 5.12. The van der Waals surface area contributed by atoms with E-state index in [2.05, 4.69) is 10.1 Å². The zero-order chi connectivity index (χ0) is 19.6. The lowest BCUT2D eigenvalue weighted by Crippen LogP contribution is -2.06. The molecular weight excluding hydrogens is 425 g/mol. The lowest BCUT2D eigenvalue weighted by atomic mass is 10.0. The Bertz CT molecular complexity index is 1020. The first-order chi connectivity index (χ1) is 12.8. The van der Waals surface area contributed by atoms with E-state index in [-0.39, 0.29) is 4.34 Å². The highest BCUT2D eigenvalue weighted by Gasteiger charge is 2.28. The molecule has 1 atom stereocenters. The highest BCUT2D eigenvalue weighted by molar-refractivity contribution is 7.93. The Balaban J connectivity index is 1.71. The largest absolute Gasteiger partial charge is 0.387 e. The van der Waals surface area contributed by atoms with Crippen molar-refractivity contribution >= 4 is 38.5 Å². The molecule has 0 saturated heterocycles. The Morgan fingerprint density at radius 1 is 1.30 bits per heavy atom. The maximum absolute atomic E-state index is 12.9. The predicted molar refractivity (Wildman–Crippen MR) is 95.6 cm³/mol. The van der Waals surface area contributed by atoms with E-state index in [9.17, 15) is 21.6 Å². The maximum atomic E-state index is 12.9. The molecule has 2 aromatic rings. The van der Waals surface area contributed by atoms with Crippen LogP contribution in [0.1, 0.15) is 29.4 Å². The number of hydrogen-bond acceptors (Lipinski definition) is 6. The molecule has 144 valence electrons. The van der Waals surface area contributed by atoms with E-state index in [0.717, 1.165) is 16.9 Å². The molecule has 0 N–H and O–H groups in total. The summed E-state index contributed by atoms with van der Waals surface area (Å²) in [4.78, 5) is 9.66. The summed E-state index contributed by atoms with van der Waals surface area (Å²) in [5.74, 6) is -2.54. The minimum absolute atomic E-state index is 0.284. The monoisotopic (exact) mass is 436 g/mol. The number of halogens is 4. The molecule has 27 heavy (non-hydrogen) atoms. The van der Waals surface area contributed by atoms with Gasteiger partial charge in [-0.2, -0.15) is 8.78 Å². The third-order valence-electron chi connectivity index (χ3n) is 3.75. The number of rotatable bonds is 6. The molecule has 1 aromatic heterocycles. The van der Waals surface area contributed by atoms with Gasteiger partial charge in [0.1, 0.15) is 5.71 Å². The van der Waals surface area contributed by atoms with Crippen molar-refractivity contribution in [1.29, 1.82) is 0 Å². The minimum atomic E-state index is -3.99. The lowest BCUT2D eigenvalue weighted by molar-refractivity contribution is 0.0858. The van der Waals surface area contributed by atoms with Crippen LogP contribution in [0.2, 0.25) is 5.02 Å². The molecule has 0 fully saturated rings. The molecule has 0 spiro atoms. The van der Waals surface area contributed by atoms with Crippen molar-refractivity contribution in [3.05, 3.63) is 57.8 Å². The molecule has 1 unspecified atom stereocenters. The van der Waals surface area contributed by atoms with Crippen LogP contribution >= 0.6 is 22.9 Å². The van der Waals surface area contributed by atoms with E-state index in [1.54, 1.807) is 18.2 Å². The normalized spacial score (nSPS) is 16.7. The number of nitrogens with zero attached hydrogens (tertiary/aromatic N) is 2. The Hall–Kier alpha value is -1.91. The van der Waals surface area contributed by atoms with Crippen LogP contribution in [0.15, 0.2) is 51.9 Å². The van der Waals surface area contributed by atoms with E-state index in [4.69, 9.17) is 16.4 Å². The third kappa shape index (κ3) is 4.50. The van der Waals surface area contributed by atoms with Gasteiger partial charge in [0.15, 0.2) is 11.9 Å². The number of thiazole rings is 1.